The highest BCUT2D eigenvalue weighted by atomic mass is 32.2. The minimum atomic E-state index is -4.49. The smallest absolute Gasteiger partial charge is 0.374 e. The lowest BCUT2D eigenvalue weighted by molar-refractivity contribution is -0.137. The highest BCUT2D eigenvalue weighted by molar-refractivity contribution is 7.89. The highest BCUT2D eigenvalue weighted by Crippen LogP contribution is 2.33. The number of ether oxygens (including phenoxy) is 1. The maximum Gasteiger partial charge on any atom is 0.416 e. The Hall–Kier alpha value is -1.62. The van der Waals surface area contributed by atoms with Gasteiger partial charge in [0.1, 0.15) is 4.90 Å². The lowest BCUT2D eigenvalue weighted by Crippen LogP contribution is -2.47. The van der Waals surface area contributed by atoms with Crippen LogP contribution in [-0.2, 0) is 20.9 Å². The molecule has 3 rings (SSSR count). The number of nitrogens with two attached hydrogens (primary N) is 1. The van der Waals surface area contributed by atoms with Gasteiger partial charge >= 0.3 is 6.18 Å². The first-order valence-corrected chi connectivity index (χ1v) is 8.67. The van der Waals surface area contributed by atoms with E-state index in [9.17, 15) is 21.6 Å². The molecule has 0 radical (unpaired) electrons. The fourth-order valence-electron chi connectivity index (χ4n) is 2.68. The Morgan fingerprint density at radius 3 is 2.79 bits per heavy atom. The largest absolute Gasteiger partial charge is 0.416 e. The molecule has 0 spiro atoms. The molecule has 1 aliphatic rings. The number of aromatic nitrogens is 1. The molecule has 1 saturated heterocycles. The van der Waals surface area contributed by atoms with Gasteiger partial charge in [-0.3, -0.25) is 0 Å². The van der Waals surface area contributed by atoms with Gasteiger partial charge in [-0.15, -0.1) is 0 Å². The summed E-state index contributed by atoms with van der Waals surface area (Å²) in [7, 11) is -3.85. The van der Waals surface area contributed by atoms with Crippen molar-refractivity contribution in [3.8, 4) is 0 Å². The summed E-state index contributed by atoms with van der Waals surface area (Å²) in [6.45, 7) is 0.703. The van der Waals surface area contributed by atoms with Crippen LogP contribution in [0, 0.1) is 0 Å². The lowest BCUT2D eigenvalue weighted by Gasteiger charge is -2.31. The molecule has 1 aromatic heterocycles. The predicted octanol–water partition coefficient (Wildman–Crippen LogP) is 1.53. The number of morpholine rings is 1. The normalized spacial score (nSPS) is 20.6. The molecule has 1 atom stereocenters. The molecule has 2 heterocycles. The minimum Gasteiger partial charge on any atom is -0.374 e. The maximum absolute atomic E-state index is 12.8. The third kappa shape index (κ3) is 3.02. The van der Waals surface area contributed by atoms with Gasteiger partial charge in [-0.25, -0.2) is 8.42 Å². The molecule has 0 aliphatic carbocycles. The zero-order chi connectivity index (χ0) is 17.5. The monoisotopic (exact) mass is 363 g/mol. The second-order valence-electron chi connectivity index (χ2n) is 5.50. The molecule has 0 bridgehead atoms. The Morgan fingerprint density at radius 1 is 1.38 bits per heavy atom. The average Bonchev–Trinajstić information content (AvgIpc) is 2.98. The van der Waals surface area contributed by atoms with Gasteiger partial charge in [0.15, 0.2) is 0 Å². The van der Waals surface area contributed by atoms with E-state index in [-0.39, 0.29) is 42.0 Å². The third-order valence-corrected chi connectivity index (χ3v) is 5.86. The maximum atomic E-state index is 12.8. The number of hydrogen-bond acceptors (Lipinski definition) is 4. The van der Waals surface area contributed by atoms with Gasteiger partial charge in [-0.2, -0.15) is 17.5 Å². The van der Waals surface area contributed by atoms with E-state index in [1.54, 1.807) is 0 Å². The first-order valence-electron chi connectivity index (χ1n) is 7.23. The zero-order valence-electron chi connectivity index (χ0n) is 12.5. The highest BCUT2D eigenvalue weighted by Gasteiger charge is 2.34. The summed E-state index contributed by atoms with van der Waals surface area (Å²) >= 11 is 0. The summed E-state index contributed by atoms with van der Waals surface area (Å²) < 4.78 is 70.5. The van der Waals surface area contributed by atoms with E-state index < -0.39 is 27.9 Å². The number of sulfonamides is 1. The number of rotatable bonds is 3. The number of alkyl halides is 3. The quantitative estimate of drug-likeness (QED) is 0.866. The summed E-state index contributed by atoms with van der Waals surface area (Å²) in [4.78, 5) is 2.56. The molecule has 24 heavy (non-hydrogen) atoms. The SMILES string of the molecule is NCC1CN(S(=O)(=O)c2c[nH]c3cc(C(F)(F)F)ccc23)CCO1. The molecule has 6 nitrogen and oxygen atoms in total. The van der Waals surface area contributed by atoms with E-state index in [2.05, 4.69) is 4.98 Å². The number of nitrogens with one attached hydrogen (secondary N) is 1. The topological polar surface area (TPSA) is 88.4 Å². The van der Waals surface area contributed by atoms with Gasteiger partial charge in [0.2, 0.25) is 10.0 Å². The Morgan fingerprint density at radius 2 is 2.12 bits per heavy atom. The molecule has 132 valence electrons. The van der Waals surface area contributed by atoms with Gasteiger partial charge in [-0.05, 0) is 12.1 Å². The van der Waals surface area contributed by atoms with E-state index in [1.165, 1.54) is 16.6 Å². The Balaban J connectivity index is 1.99. The summed E-state index contributed by atoms with van der Waals surface area (Å²) in [5, 5.41) is 0.221. The summed E-state index contributed by atoms with van der Waals surface area (Å²) in [5.41, 5.74) is 4.80. The van der Waals surface area contributed by atoms with E-state index in [1.807, 2.05) is 0 Å². The van der Waals surface area contributed by atoms with Crippen molar-refractivity contribution in [2.45, 2.75) is 17.2 Å². The molecule has 1 unspecified atom stereocenters. The van der Waals surface area contributed by atoms with Gasteiger partial charge in [0.25, 0.3) is 0 Å². The molecular formula is C14H16F3N3O3S. The Labute approximate surface area is 136 Å². The van der Waals surface area contributed by atoms with Crippen molar-refractivity contribution in [2.24, 2.45) is 5.73 Å². The van der Waals surface area contributed by atoms with E-state index >= 15 is 0 Å². The Bertz CT molecular complexity index is 848. The lowest BCUT2D eigenvalue weighted by atomic mass is 10.1. The van der Waals surface area contributed by atoms with Crippen molar-refractivity contribution in [1.82, 2.24) is 9.29 Å². The van der Waals surface area contributed by atoms with Crippen LogP contribution in [0.25, 0.3) is 10.9 Å². The molecule has 3 N–H and O–H groups in total. The fraction of sp³-hybridized carbons (Fsp3) is 0.429. The first-order chi connectivity index (χ1) is 11.2. The fourth-order valence-corrected chi connectivity index (χ4v) is 4.30. The van der Waals surface area contributed by atoms with Gasteiger partial charge in [0, 0.05) is 36.7 Å². The number of H-pyrrole nitrogens is 1. The van der Waals surface area contributed by atoms with Crippen molar-refractivity contribution < 1.29 is 26.3 Å². The molecule has 2 aromatic rings. The van der Waals surface area contributed by atoms with Crippen LogP contribution in [0.15, 0.2) is 29.3 Å². The Kier molecular flexibility index (Phi) is 4.32. The predicted molar refractivity (Wildman–Crippen MR) is 80.9 cm³/mol. The molecule has 1 aliphatic heterocycles. The number of aromatic amines is 1. The molecule has 1 fully saturated rings. The van der Waals surface area contributed by atoms with Crippen LogP contribution in [0.1, 0.15) is 5.56 Å². The van der Waals surface area contributed by atoms with Gasteiger partial charge < -0.3 is 15.5 Å². The van der Waals surface area contributed by atoms with E-state index in [0.29, 0.717) is 0 Å². The second-order valence-corrected chi connectivity index (χ2v) is 7.41. The summed E-state index contributed by atoms with van der Waals surface area (Å²) in [5.74, 6) is 0. The zero-order valence-corrected chi connectivity index (χ0v) is 13.3. The van der Waals surface area contributed by atoms with Crippen LogP contribution in [0.4, 0.5) is 13.2 Å². The van der Waals surface area contributed by atoms with Crippen molar-refractivity contribution in [3.05, 3.63) is 30.0 Å². The number of halogens is 3. The third-order valence-electron chi connectivity index (χ3n) is 3.95. The number of fused-ring (bicyclic) bond motifs is 1. The van der Waals surface area contributed by atoms with Crippen LogP contribution in [0.5, 0.6) is 0 Å². The van der Waals surface area contributed by atoms with Gasteiger partial charge in [0.05, 0.1) is 18.3 Å². The van der Waals surface area contributed by atoms with Crippen LogP contribution in [0.3, 0.4) is 0 Å². The standard InChI is InChI=1S/C14H16F3N3O3S/c15-14(16,17)9-1-2-11-12(5-9)19-7-13(11)24(21,22)20-3-4-23-10(6-18)8-20/h1-2,5,7,10,19H,3-4,6,8,18H2. The van der Waals surface area contributed by atoms with Crippen LogP contribution in [-0.4, -0.2) is 50.1 Å². The van der Waals surface area contributed by atoms with Crippen LogP contribution >= 0.6 is 0 Å². The molecular weight excluding hydrogens is 347 g/mol. The molecule has 10 heteroatoms. The van der Waals surface area contributed by atoms with Crippen molar-refractivity contribution >= 4 is 20.9 Å². The summed E-state index contributed by atoms with van der Waals surface area (Å²) in [6, 6.07) is 2.94. The molecule has 0 saturated carbocycles. The summed E-state index contributed by atoms with van der Waals surface area (Å²) in [6.07, 6.45) is -3.67. The number of nitrogens with zero attached hydrogens (tertiary/aromatic N) is 1. The minimum absolute atomic E-state index is 0.0519. The number of hydrogen-bond donors (Lipinski definition) is 2. The van der Waals surface area contributed by atoms with Crippen LogP contribution < -0.4 is 5.73 Å². The van der Waals surface area contributed by atoms with Gasteiger partial charge in [-0.1, -0.05) is 6.07 Å². The first kappa shape index (κ1) is 17.2. The average molecular weight is 363 g/mol. The number of benzene rings is 1. The molecule has 0 amide bonds. The van der Waals surface area contributed by atoms with Crippen molar-refractivity contribution in [2.75, 3.05) is 26.2 Å². The molecule has 1 aromatic carbocycles. The van der Waals surface area contributed by atoms with E-state index in [0.717, 1.165) is 12.1 Å². The van der Waals surface area contributed by atoms with Crippen molar-refractivity contribution in [1.29, 1.82) is 0 Å². The van der Waals surface area contributed by atoms with Crippen molar-refractivity contribution in [3.63, 3.8) is 0 Å². The van der Waals surface area contributed by atoms with E-state index in [4.69, 9.17) is 10.5 Å². The van der Waals surface area contributed by atoms with Crippen LogP contribution in [0.2, 0.25) is 0 Å². The second kappa shape index (κ2) is 6.03.